The van der Waals surface area contributed by atoms with E-state index in [1.165, 1.54) is 12.8 Å². The van der Waals surface area contributed by atoms with E-state index in [1.54, 1.807) is 0 Å². The van der Waals surface area contributed by atoms with E-state index in [0.717, 1.165) is 13.3 Å². The van der Waals surface area contributed by atoms with Gasteiger partial charge in [-0.25, -0.2) is 0 Å². The molecule has 0 saturated carbocycles. The summed E-state index contributed by atoms with van der Waals surface area (Å²) in [6.45, 7) is 6.02. The van der Waals surface area contributed by atoms with Gasteiger partial charge >= 0.3 is 0 Å². The van der Waals surface area contributed by atoms with Crippen LogP contribution in [0.2, 0.25) is 0 Å². The summed E-state index contributed by atoms with van der Waals surface area (Å²) < 4.78 is 5.20. The lowest BCUT2D eigenvalue weighted by Crippen LogP contribution is -2.38. The summed E-state index contributed by atoms with van der Waals surface area (Å²) in [5.74, 6) is 0. The van der Waals surface area contributed by atoms with Gasteiger partial charge in [0.05, 0.1) is 13.3 Å². The highest BCUT2D eigenvalue weighted by atomic mass is 16.5. The summed E-state index contributed by atoms with van der Waals surface area (Å²) in [5.41, 5.74) is 0.273. The highest BCUT2D eigenvalue weighted by molar-refractivity contribution is 4.84. The molecule has 0 aromatic heterocycles. The van der Waals surface area contributed by atoms with E-state index in [0.29, 0.717) is 0 Å². The molecule has 54 valence electrons. The van der Waals surface area contributed by atoms with E-state index in [9.17, 15) is 0 Å². The maximum Gasteiger partial charge on any atom is 0.0971 e. The minimum Gasteiger partial charge on any atom is -0.364 e. The van der Waals surface area contributed by atoms with Crippen molar-refractivity contribution < 1.29 is 4.74 Å². The third kappa shape index (κ3) is 1.66. The lowest BCUT2D eigenvalue weighted by Gasteiger charge is -2.20. The molecule has 1 aliphatic rings. The molecule has 1 N–H and O–H groups in total. The highest BCUT2D eigenvalue weighted by Crippen LogP contribution is 2.16. The lowest BCUT2D eigenvalue weighted by atomic mass is 9.99. The Labute approximate surface area is 56.6 Å². The normalized spacial score (nSPS) is 35.3. The van der Waals surface area contributed by atoms with Crippen LogP contribution in [0, 0.1) is 0 Å². The van der Waals surface area contributed by atoms with Crippen molar-refractivity contribution in [1.82, 2.24) is 5.32 Å². The predicted molar refractivity (Wildman–Crippen MR) is 37.3 cm³/mol. The quantitative estimate of drug-likeness (QED) is 0.603. The number of rotatable bonds is 2. The molecule has 1 fully saturated rings. The Hall–Kier alpha value is -0.0800. The smallest absolute Gasteiger partial charge is 0.0971 e. The summed E-state index contributed by atoms with van der Waals surface area (Å²) in [4.78, 5) is 0. The first-order valence-corrected chi connectivity index (χ1v) is 3.60. The molecule has 0 spiro atoms. The van der Waals surface area contributed by atoms with Gasteiger partial charge in [0.1, 0.15) is 0 Å². The van der Waals surface area contributed by atoms with Crippen LogP contribution in [-0.4, -0.2) is 18.9 Å². The molecule has 1 saturated heterocycles. The summed E-state index contributed by atoms with van der Waals surface area (Å²) in [6.07, 6.45) is 2.44. The predicted octanol–water partition coefficient (Wildman–Crippen LogP) is 1.12. The van der Waals surface area contributed by atoms with Crippen molar-refractivity contribution in [2.24, 2.45) is 0 Å². The van der Waals surface area contributed by atoms with Crippen LogP contribution in [0.4, 0.5) is 0 Å². The van der Waals surface area contributed by atoms with Crippen molar-refractivity contribution in [2.45, 2.75) is 32.2 Å². The lowest BCUT2D eigenvalue weighted by molar-refractivity contribution is 0.177. The Morgan fingerprint density at radius 2 is 2.44 bits per heavy atom. The number of nitrogens with one attached hydrogen (secondary N) is 1. The molecule has 0 aliphatic carbocycles. The third-order valence-electron chi connectivity index (χ3n) is 1.82. The first-order valence-electron chi connectivity index (χ1n) is 3.60. The molecule has 0 bridgehead atoms. The fourth-order valence-electron chi connectivity index (χ4n) is 1.26. The van der Waals surface area contributed by atoms with Crippen molar-refractivity contribution >= 4 is 0 Å². The summed E-state index contributed by atoms with van der Waals surface area (Å²) in [7, 11) is 0. The van der Waals surface area contributed by atoms with Gasteiger partial charge in [0.15, 0.2) is 0 Å². The van der Waals surface area contributed by atoms with E-state index >= 15 is 0 Å². The zero-order valence-electron chi connectivity index (χ0n) is 6.24. The Balaban J connectivity index is 2.32. The molecule has 0 radical (unpaired) electrons. The molecule has 2 heteroatoms. The molecular weight excluding hydrogens is 114 g/mol. The first-order chi connectivity index (χ1) is 4.27. The van der Waals surface area contributed by atoms with Crippen LogP contribution in [0.1, 0.15) is 26.7 Å². The van der Waals surface area contributed by atoms with Crippen molar-refractivity contribution in [1.29, 1.82) is 0 Å². The average Bonchev–Trinajstić information content (AvgIpc) is 2.16. The van der Waals surface area contributed by atoms with Gasteiger partial charge in [-0.15, -0.1) is 0 Å². The molecule has 9 heavy (non-hydrogen) atoms. The maximum absolute atomic E-state index is 5.20. The van der Waals surface area contributed by atoms with Gasteiger partial charge in [-0.3, -0.25) is 5.32 Å². The largest absolute Gasteiger partial charge is 0.364 e. The number of ether oxygens (including phenoxy) is 1. The van der Waals surface area contributed by atoms with Gasteiger partial charge < -0.3 is 4.74 Å². The second-order valence-corrected chi connectivity index (χ2v) is 2.98. The maximum atomic E-state index is 5.20. The molecule has 1 unspecified atom stereocenters. The van der Waals surface area contributed by atoms with Crippen molar-refractivity contribution in [3.8, 4) is 0 Å². The van der Waals surface area contributed by atoms with Gasteiger partial charge in [-0.05, 0) is 13.3 Å². The first kappa shape index (κ1) is 7.03. The summed E-state index contributed by atoms with van der Waals surface area (Å²) in [5, 5.41) is 3.31. The van der Waals surface area contributed by atoms with Gasteiger partial charge in [0.2, 0.25) is 0 Å². The molecule has 1 aliphatic heterocycles. The zero-order valence-corrected chi connectivity index (χ0v) is 6.24. The fourth-order valence-corrected chi connectivity index (χ4v) is 1.26. The number of hydrogen-bond acceptors (Lipinski definition) is 2. The van der Waals surface area contributed by atoms with Crippen LogP contribution >= 0.6 is 0 Å². The van der Waals surface area contributed by atoms with Crippen LogP contribution in [0.15, 0.2) is 0 Å². The molecule has 0 amide bonds. The second-order valence-electron chi connectivity index (χ2n) is 2.98. The minimum absolute atomic E-state index is 0.273. The molecule has 0 aromatic carbocycles. The number of hydrogen-bond donors (Lipinski definition) is 1. The summed E-state index contributed by atoms with van der Waals surface area (Å²) >= 11 is 0. The van der Waals surface area contributed by atoms with Crippen LogP contribution < -0.4 is 5.32 Å². The Kier molecular flexibility index (Phi) is 2.09. The Morgan fingerprint density at radius 3 is 2.89 bits per heavy atom. The van der Waals surface area contributed by atoms with Crippen molar-refractivity contribution in [3.63, 3.8) is 0 Å². The van der Waals surface area contributed by atoms with Crippen LogP contribution in [0.5, 0.6) is 0 Å². The van der Waals surface area contributed by atoms with Crippen LogP contribution in [-0.2, 0) is 4.74 Å². The standard InChI is InChI=1S/C7H15NO/c1-3-4-7(2)5-9-6-8-7/h8H,3-6H2,1-2H3. The van der Waals surface area contributed by atoms with Gasteiger partial charge in [-0.2, -0.15) is 0 Å². The topological polar surface area (TPSA) is 21.3 Å². The molecule has 1 atom stereocenters. The Morgan fingerprint density at radius 1 is 1.67 bits per heavy atom. The van der Waals surface area contributed by atoms with Gasteiger partial charge in [-0.1, -0.05) is 13.3 Å². The fraction of sp³-hybridized carbons (Fsp3) is 1.00. The summed E-state index contributed by atoms with van der Waals surface area (Å²) in [6, 6.07) is 0. The van der Waals surface area contributed by atoms with Crippen molar-refractivity contribution in [3.05, 3.63) is 0 Å². The van der Waals surface area contributed by atoms with Crippen LogP contribution in [0.3, 0.4) is 0 Å². The van der Waals surface area contributed by atoms with E-state index in [-0.39, 0.29) is 5.54 Å². The second kappa shape index (κ2) is 2.67. The molecule has 0 aromatic rings. The minimum atomic E-state index is 0.273. The molecule has 1 rings (SSSR count). The average molecular weight is 129 g/mol. The van der Waals surface area contributed by atoms with Crippen LogP contribution in [0.25, 0.3) is 0 Å². The van der Waals surface area contributed by atoms with Gasteiger partial charge in [0, 0.05) is 5.54 Å². The molecule has 2 nitrogen and oxygen atoms in total. The molecule has 1 heterocycles. The monoisotopic (exact) mass is 129 g/mol. The van der Waals surface area contributed by atoms with Crippen molar-refractivity contribution in [2.75, 3.05) is 13.3 Å². The SMILES string of the molecule is CCCC1(C)COCN1. The van der Waals surface area contributed by atoms with E-state index in [2.05, 4.69) is 19.2 Å². The van der Waals surface area contributed by atoms with E-state index in [1.807, 2.05) is 0 Å². The highest BCUT2D eigenvalue weighted by Gasteiger charge is 2.27. The Bertz CT molecular complexity index is 86.9. The van der Waals surface area contributed by atoms with Gasteiger partial charge in [0.25, 0.3) is 0 Å². The van der Waals surface area contributed by atoms with E-state index < -0.39 is 0 Å². The molecular formula is C7H15NO. The van der Waals surface area contributed by atoms with E-state index in [4.69, 9.17) is 4.74 Å². The third-order valence-corrected chi connectivity index (χ3v) is 1.82. The zero-order chi connectivity index (χ0) is 6.74.